The number of ether oxygens (including phenoxy) is 1. The summed E-state index contributed by atoms with van der Waals surface area (Å²) < 4.78 is 4.69. The monoisotopic (exact) mass is 434 g/mol. The van der Waals surface area contributed by atoms with Crippen molar-refractivity contribution in [3.05, 3.63) is 80.8 Å². The summed E-state index contributed by atoms with van der Waals surface area (Å²) in [6.07, 6.45) is 0. The van der Waals surface area contributed by atoms with E-state index in [0.29, 0.717) is 11.1 Å². The summed E-state index contributed by atoms with van der Waals surface area (Å²) in [5.41, 5.74) is 1.44. The Hall–Kier alpha value is -3.09. The van der Waals surface area contributed by atoms with Gasteiger partial charge in [-0.1, -0.05) is 35.3 Å². The van der Waals surface area contributed by atoms with Gasteiger partial charge in [0, 0.05) is 29.2 Å². The first kappa shape index (κ1) is 20.6. The fourth-order valence-corrected chi connectivity index (χ4v) is 3.40. The molecular formula is C21H16Cl2O6. The van der Waals surface area contributed by atoms with E-state index in [2.05, 4.69) is 0 Å². The number of hydrogen-bond acceptors (Lipinski definition) is 6. The molecule has 0 aliphatic rings. The Morgan fingerprint density at radius 2 is 1.24 bits per heavy atom. The lowest BCUT2D eigenvalue weighted by atomic mass is 9.83. The Morgan fingerprint density at radius 1 is 0.793 bits per heavy atom. The van der Waals surface area contributed by atoms with E-state index in [-0.39, 0.29) is 44.2 Å². The van der Waals surface area contributed by atoms with E-state index in [1.807, 2.05) is 0 Å². The van der Waals surface area contributed by atoms with Gasteiger partial charge in [0.05, 0.1) is 22.7 Å². The van der Waals surface area contributed by atoms with Gasteiger partial charge < -0.3 is 25.2 Å². The number of phenols is 4. The summed E-state index contributed by atoms with van der Waals surface area (Å²) in [6.45, 7) is 0. The van der Waals surface area contributed by atoms with Crippen LogP contribution in [0.5, 0.6) is 23.0 Å². The molecule has 0 aromatic heterocycles. The molecule has 0 saturated heterocycles. The fraction of sp³-hybridized carbons (Fsp3) is 0.0952. The average molecular weight is 435 g/mol. The molecule has 8 heteroatoms. The zero-order valence-electron chi connectivity index (χ0n) is 15.1. The third-order valence-electron chi connectivity index (χ3n) is 4.48. The van der Waals surface area contributed by atoms with Crippen LogP contribution in [0.15, 0.2) is 48.5 Å². The van der Waals surface area contributed by atoms with Crippen LogP contribution in [0.25, 0.3) is 0 Å². The zero-order chi connectivity index (χ0) is 21.3. The number of esters is 1. The first-order valence-corrected chi connectivity index (χ1v) is 9.09. The van der Waals surface area contributed by atoms with Gasteiger partial charge in [-0.25, -0.2) is 4.79 Å². The zero-order valence-corrected chi connectivity index (χ0v) is 16.6. The largest absolute Gasteiger partial charge is 0.507 e. The number of aromatic hydroxyl groups is 4. The van der Waals surface area contributed by atoms with Crippen LogP contribution in [0, 0.1) is 0 Å². The minimum Gasteiger partial charge on any atom is -0.507 e. The lowest BCUT2D eigenvalue weighted by molar-refractivity contribution is 0.0600. The van der Waals surface area contributed by atoms with Gasteiger partial charge in [0.1, 0.15) is 23.0 Å². The van der Waals surface area contributed by atoms with Gasteiger partial charge in [-0.2, -0.15) is 0 Å². The van der Waals surface area contributed by atoms with E-state index < -0.39 is 11.9 Å². The first-order valence-electron chi connectivity index (χ1n) is 8.34. The van der Waals surface area contributed by atoms with Crippen molar-refractivity contribution >= 4 is 29.2 Å². The van der Waals surface area contributed by atoms with Crippen molar-refractivity contribution in [2.75, 3.05) is 7.11 Å². The number of methoxy groups -OCH3 is 1. The molecule has 3 aromatic rings. The molecule has 0 unspecified atom stereocenters. The van der Waals surface area contributed by atoms with Crippen molar-refractivity contribution in [3.63, 3.8) is 0 Å². The second kappa shape index (κ2) is 8.11. The smallest absolute Gasteiger partial charge is 0.337 e. The highest BCUT2D eigenvalue weighted by atomic mass is 35.5. The molecule has 0 radical (unpaired) electrons. The topological polar surface area (TPSA) is 107 Å². The van der Waals surface area contributed by atoms with Gasteiger partial charge >= 0.3 is 5.97 Å². The number of halogens is 2. The third-order valence-corrected chi connectivity index (χ3v) is 5.08. The fourth-order valence-electron chi connectivity index (χ4n) is 3.05. The van der Waals surface area contributed by atoms with Gasteiger partial charge in [-0.3, -0.25) is 0 Å². The van der Waals surface area contributed by atoms with Crippen LogP contribution in [0.3, 0.4) is 0 Å². The maximum Gasteiger partial charge on any atom is 0.337 e. The maximum absolute atomic E-state index is 11.7. The van der Waals surface area contributed by atoms with Crippen molar-refractivity contribution in [1.29, 1.82) is 0 Å². The van der Waals surface area contributed by atoms with Gasteiger partial charge in [0.25, 0.3) is 0 Å². The van der Waals surface area contributed by atoms with Crippen LogP contribution >= 0.6 is 23.2 Å². The van der Waals surface area contributed by atoms with Crippen molar-refractivity contribution in [2.45, 2.75) is 5.92 Å². The van der Waals surface area contributed by atoms with Crippen LogP contribution < -0.4 is 0 Å². The normalized spacial score (nSPS) is 10.9. The van der Waals surface area contributed by atoms with Crippen molar-refractivity contribution in [2.24, 2.45) is 0 Å². The summed E-state index contributed by atoms with van der Waals surface area (Å²) in [4.78, 5) is 11.7. The molecule has 6 nitrogen and oxygen atoms in total. The van der Waals surface area contributed by atoms with Crippen LogP contribution in [0.1, 0.15) is 33.0 Å². The standard InChI is InChI=1S/C21H16Cl2O6/c1-29-21(28)11-4-2-10(3-5-11)20(12-6-14(22)18(26)8-16(12)24)13-7-15(23)19(27)9-17(13)25/h2-9,20,24-27H,1H3. The number of benzene rings is 3. The van der Waals surface area contributed by atoms with Crippen molar-refractivity contribution in [3.8, 4) is 23.0 Å². The Morgan fingerprint density at radius 3 is 1.66 bits per heavy atom. The van der Waals surface area contributed by atoms with E-state index in [1.54, 1.807) is 12.1 Å². The molecule has 150 valence electrons. The quantitative estimate of drug-likeness (QED) is 0.347. The van der Waals surface area contributed by atoms with E-state index >= 15 is 0 Å². The molecule has 3 rings (SSSR count). The van der Waals surface area contributed by atoms with Crippen molar-refractivity contribution < 1.29 is 30.0 Å². The van der Waals surface area contributed by atoms with Crippen LogP contribution in [0.4, 0.5) is 0 Å². The predicted octanol–water partition coefficient (Wildman–Crippen LogP) is 4.78. The van der Waals surface area contributed by atoms with Gasteiger partial charge in [0.2, 0.25) is 0 Å². The second-order valence-corrected chi connectivity index (χ2v) is 7.09. The Kier molecular flexibility index (Phi) is 5.77. The van der Waals surface area contributed by atoms with E-state index in [1.165, 1.54) is 31.4 Å². The molecule has 0 fully saturated rings. The Bertz CT molecular complexity index is 1020. The highest BCUT2D eigenvalue weighted by molar-refractivity contribution is 6.32. The molecule has 0 bridgehead atoms. The molecular weight excluding hydrogens is 419 g/mol. The van der Waals surface area contributed by atoms with Gasteiger partial charge in [0.15, 0.2) is 0 Å². The first-order chi connectivity index (χ1) is 13.7. The molecule has 0 aliphatic heterocycles. The Balaban J connectivity index is 2.24. The number of hydrogen-bond donors (Lipinski definition) is 4. The molecule has 3 aromatic carbocycles. The Labute approximate surface area is 176 Å². The molecule has 0 aliphatic carbocycles. The molecule has 0 heterocycles. The SMILES string of the molecule is COC(=O)c1ccc(C(c2cc(Cl)c(O)cc2O)c2cc(Cl)c(O)cc2O)cc1. The maximum atomic E-state index is 11.7. The average Bonchev–Trinajstić information content (AvgIpc) is 2.69. The summed E-state index contributed by atoms with van der Waals surface area (Å²) >= 11 is 12.1. The van der Waals surface area contributed by atoms with Crippen LogP contribution in [-0.4, -0.2) is 33.5 Å². The summed E-state index contributed by atoms with van der Waals surface area (Å²) in [6, 6.07) is 11.2. The van der Waals surface area contributed by atoms with E-state index in [0.717, 1.165) is 12.1 Å². The third kappa shape index (κ3) is 4.04. The number of carbonyl (C=O) groups excluding carboxylic acids is 1. The highest BCUT2D eigenvalue weighted by Gasteiger charge is 2.26. The lowest BCUT2D eigenvalue weighted by Crippen LogP contribution is -2.06. The number of rotatable bonds is 4. The number of carbonyl (C=O) groups is 1. The molecule has 29 heavy (non-hydrogen) atoms. The minimum atomic E-state index is -0.780. The van der Waals surface area contributed by atoms with Gasteiger partial charge in [-0.05, 0) is 29.8 Å². The minimum absolute atomic E-state index is 0.00153. The molecule has 4 N–H and O–H groups in total. The summed E-state index contributed by atoms with van der Waals surface area (Å²) in [7, 11) is 1.27. The second-order valence-electron chi connectivity index (χ2n) is 6.27. The lowest BCUT2D eigenvalue weighted by Gasteiger charge is -2.22. The molecule has 0 atom stereocenters. The molecule has 0 spiro atoms. The summed E-state index contributed by atoms with van der Waals surface area (Å²) in [5.74, 6) is -2.44. The van der Waals surface area contributed by atoms with E-state index in [4.69, 9.17) is 27.9 Å². The predicted molar refractivity (Wildman–Crippen MR) is 108 cm³/mol. The molecule has 0 amide bonds. The van der Waals surface area contributed by atoms with Gasteiger partial charge in [-0.15, -0.1) is 0 Å². The number of phenolic OH excluding ortho intramolecular Hbond substituents is 4. The van der Waals surface area contributed by atoms with Crippen molar-refractivity contribution in [1.82, 2.24) is 0 Å². The highest BCUT2D eigenvalue weighted by Crippen LogP contribution is 2.45. The van der Waals surface area contributed by atoms with E-state index in [9.17, 15) is 25.2 Å². The summed E-state index contributed by atoms with van der Waals surface area (Å²) in [5, 5.41) is 40.4. The molecule has 0 saturated carbocycles. The van der Waals surface area contributed by atoms with Crippen LogP contribution in [0.2, 0.25) is 10.0 Å². The van der Waals surface area contributed by atoms with Crippen LogP contribution in [-0.2, 0) is 4.74 Å².